The number of benzene rings is 3. The van der Waals surface area contributed by atoms with Crippen molar-refractivity contribution in [1.29, 1.82) is 0 Å². The van der Waals surface area contributed by atoms with Crippen molar-refractivity contribution in [3.05, 3.63) is 84.4 Å². The molecule has 0 aromatic heterocycles. The highest BCUT2D eigenvalue weighted by Crippen LogP contribution is 2.22. The van der Waals surface area contributed by atoms with Gasteiger partial charge in [-0.25, -0.2) is 8.42 Å². The predicted molar refractivity (Wildman–Crippen MR) is 139 cm³/mol. The summed E-state index contributed by atoms with van der Waals surface area (Å²) in [6, 6.07) is 23.0. The highest BCUT2D eigenvalue weighted by molar-refractivity contribution is 7.98. The van der Waals surface area contributed by atoms with Gasteiger partial charge < -0.3 is 10.1 Å². The molecule has 0 aliphatic carbocycles. The van der Waals surface area contributed by atoms with Gasteiger partial charge in [-0.2, -0.15) is 16.5 Å². The van der Waals surface area contributed by atoms with Gasteiger partial charge >= 0.3 is 0 Å². The van der Waals surface area contributed by atoms with E-state index in [9.17, 15) is 13.2 Å². The number of hydrogen-bond donors (Lipinski definition) is 2. The summed E-state index contributed by atoms with van der Waals surface area (Å²) in [6.07, 6.45) is 2.30. The van der Waals surface area contributed by atoms with E-state index in [4.69, 9.17) is 4.74 Å². The maximum atomic E-state index is 13.1. The summed E-state index contributed by atoms with van der Waals surface area (Å²) >= 11 is 1.56. The number of carbonyl (C=O) groups is 1. The van der Waals surface area contributed by atoms with Crippen molar-refractivity contribution in [3.8, 4) is 16.9 Å². The molecule has 0 saturated heterocycles. The van der Waals surface area contributed by atoms with Crippen LogP contribution in [0.5, 0.6) is 5.75 Å². The van der Waals surface area contributed by atoms with E-state index in [1.807, 2.05) is 67.8 Å². The minimum atomic E-state index is -3.87. The topological polar surface area (TPSA) is 84.5 Å². The standard InChI is InChI=1S/C26H30N2O4S2/c1-19(20-9-11-22(12-10-20)21-7-5-4-6-8-21)27-26(29)25(17-18-33-3)28-34(30,31)24-15-13-23(32-2)14-16-24/h4-16,19,25,28H,17-18H2,1-3H3,(H,27,29)/t19-,25-/m1/s1. The Morgan fingerprint density at radius 1 is 0.941 bits per heavy atom. The zero-order valence-corrected chi connectivity index (χ0v) is 21.2. The van der Waals surface area contributed by atoms with Crippen LogP contribution in [0, 0.1) is 0 Å². The molecule has 2 atom stereocenters. The molecule has 3 rings (SSSR count). The number of hydrogen-bond acceptors (Lipinski definition) is 5. The number of amides is 1. The molecule has 0 bridgehead atoms. The summed E-state index contributed by atoms with van der Waals surface area (Å²) in [4.78, 5) is 13.1. The quantitative estimate of drug-likeness (QED) is 0.402. The lowest BCUT2D eigenvalue weighted by Crippen LogP contribution is -2.47. The van der Waals surface area contributed by atoms with Crippen molar-refractivity contribution >= 4 is 27.7 Å². The van der Waals surface area contributed by atoms with E-state index in [0.29, 0.717) is 17.9 Å². The van der Waals surface area contributed by atoms with Gasteiger partial charge in [-0.1, -0.05) is 54.6 Å². The van der Waals surface area contributed by atoms with Crippen LogP contribution in [0.3, 0.4) is 0 Å². The second kappa shape index (κ2) is 12.1. The average Bonchev–Trinajstić information content (AvgIpc) is 2.87. The third-order valence-electron chi connectivity index (χ3n) is 5.47. The van der Waals surface area contributed by atoms with Crippen LogP contribution in [0.4, 0.5) is 0 Å². The first-order chi connectivity index (χ1) is 16.3. The Kier molecular flexibility index (Phi) is 9.15. The number of rotatable bonds is 11. The van der Waals surface area contributed by atoms with Crippen LogP contribution in [-0.2, 0) is 14.8 Å². The Morgan fingerprint density at radius 3 is 2.15 bits per heavy atom. The van der Waals surface area contributed by atoms with E-state index in [0.717, 1.165) is 16.7 Å². The smallest absolute Gasteiger partial charge is 0.241 e. The van der Waals surface area contributed by atoms with Crippen LogP contribution in [0.25, 0.3) is 11.1 Å². The second-order valence-corrected chi connectivity index (χ2v) is 10.5. The van der Waals surface area contributed by atoms with Crippen molar-refractivity contribution < 1.29 is 17.9 Å². The first kappa shape index (κ1) is 25.8. The van der Waals surface area contributed by atoms with Gasteiger partial charge in [0.25, 0.3) is 0 Å². The number of ether oxygens (including phenoxy) is 1. The molecule has 2 N–H and O–H groups in total. The van der Waals surface area contributed by atoms with Gasteiger partial charge in [0.1, 0.15) is 11.8 Å². The molecule has 0 heterocycles. The third-order valence-corrected chi connectivity index (χ3v) is 7.60. The first-order valence-corrected chi connectivity index (χ1v) is 13.8. The van der Waals surface area contributed by atoms with Gasteiger partial charge in [0.2, 0.25) is 15.9 Å². The van der Waals surface area contributed by atoms with Crippen molar-refractivity contribution in [3.63, 3.8) is 0 Å². The maximum absolute atomic E-state index is 13.1. The lowest BCUT2D eigenvalue weighted by atomic mass is 10.0. The molecule has 34 heavy (non-hydrogen) atoms. The van der Waals surface area contributed by atoms with Gasteiger partial charge in [0.15, 0.2) is 0 Å². The number of sulfonamides is 1. The maximum Gasteiger partial charge on any atom is 0.241 e. The summed E-state index contributed by atoms with van der Waals surface area (Å²) in [5.74, 6) is 0.845. The first-order valence-electron chi connectivity index (χ1n) is 10.9. The fourth-order valence-corrected chi connectivity index (χ4v) is 5.18. The van der Waals surface area contributed by atoms with Gasteiger partial charge in [0, 0.05) is 0 Å². The Hall–Kier alpha value is -2.81. The highest BCUT2D eigenvalue weighted by atomic mass is 32.2. The van der Waals surface area contributed by atoms with E-state index in [-0.39, 0.29) is 16.8 Å². The lowest BCUT2D eigenvalue weighted by molar-refractivity contribution is -0.123. The van der Waals surface area contributed by atoms with E-state index < -0.39 is 16.1 Å². The van der Waals surface area contributed by atoms with E-state index in [1.54, 1.807) is 23.9 Å². The zero-order valence-electron chi connectivity index (χ0n) is 19.5. The van der Waals surface area contributed by atoms with Crippen LogP contribution in [0.1, 0.15) is 24.9 Å². The molecule has 0 aliphatic rings. The normalized spacial score (nSPS) is 13.1. The summed E-state index contributed by atoms with van der Waals surface area (Å²) in [5, 5.41) is 2.96. The van der Waals surface area contributed by atoms with Gasteiger partial charge in [-0.3, -0.25) is 4.79 Å². The summed E-state index contributed by atoms with van der Waals surface area (Å²) in [6.45, 7) is 1.89. The molecule has 0 aliphatic heterocycles. The van der Waals surface area contributed by atoms with Crippen LogP contribution in [0.2, 0.25) is 0 Å². The third kappa shape index (κ3) is 6.85. The number of nitrogens with one attached hydrogen (secondary N) is 2. The Labute approximate surface area is 206 Å². The van der Waals surface area contributed by atoms with Crippen molar-refractivity contribution in [1.82, 2.24) is 10.0 Å². The molecule has 0 unspecified atom stereocenters. The Morgan fingerprint density at radius 2 is 1.56 bits per heavy atom. The monoisotopic (exact) mass is 498 g/mol. The second-order valence-electron chi connectivity index (χ2n) is 7.85. The van der Waals surface area contributed by atoms with Gasteiger partial charge in [-0.05, 0) is 66.3 Å². The lowest BCUT2D eigenvalue weighted by Gasteiger charge is -2.22. The highest BCUT2D eigenvalue weighted by Gasteiger charge is 2.26. The van der Waals surface area contributed by atoms with Crippen molar-refractivity contribution in [2.75, 3.05) is 19.1 Å². The summed E-state index contributed by atoms with van der Waals surface area (Å²) < 4.78 is 33.5. The number of methoxy groups -OCH3 is 1. The molecule has 0 spiro atoms. The van der Waals surface area contributed by atoms with Crippen molar-refractivity contribution in [2.45, 2.75) is 30.3 Å². The van der Waals surface area contributed by atoms with Crippen molar-refractivity contribution in [2.24, 2.45) is 0 Å². The molecular formula is C26H30N2O4S2. The SMILES string of the molecule is COc1ccc(S(=O)(=O)N[C@H](CCSC)C(=O)N[C@H](C)c2ccc(-c3ccccc3)cc2)cc1. The largest absolute Gasteiger partial charge is 0.497 e. The van der Waals surface area contributed by atoms with Crippen LogP contribution >= 0.6 is 11.8 Å². The summed E-state index contributed by atoms with van der Waals surface area (Å²) in [7, 11) is -2.36. The molecule has 0 saturated carbocycles. The molecule has 8 heteroatoms. The average molecular weight is 499 g/mol. The molecule has 180 valence electrons. The van der Waals surface area contributed by atoms with E-state index >= 15 is 0 Å². The summed E-state index contributed by atoms with van der Waals surface area (Å²) in [5.41, 5.74) is 3.15. The molecule has 0 fully saturated rings. The molecule has 3 aromatic carbocycles. The molecular weight excluding hydrogens is 468 g/mol. The zero-order chi connectivity index (χ0) is 24.6. The predicted octanol–water partition coefficient (Wildman–Crippen LogP) is 4.64. The molecule has 1 amide bonds. The number of carbonyl (C=O) groups excluding carboxylic acids is 1. The minimum absolute atomic E-state index is 0.0831. The van der Waals surface area contributed by atoms with Gasteiger partial charge in [0.05, 0.1) is 18.0 Å². The van der Waals surface area contributed by atoms with E-state index in [2.05, 4.69) is 10.0 Å². The fraction of sp³-hybridized carbons (Fsp3) is 0.269. The fourth-order valence-electron chi connectivity index (χ4n) is 3.48. The number of thioether (sulfide) groups is 1. The Bertz CT molecular complexity index is 1170. The van der Waals surface area contributed by atoms with Crippen LogP contribution in [0.15, 0.2) is 83.8 Å². The molecule has 6 nitrogen and oxygen atoms in total. The van der Waals surface area contributed by atoms with E-state index in [1.165, 1.54) is 19.2 Å². The van der Waals surface area contributed by atoms with Crippen LogP contribution in [-0.4, -0.2) is 39.5 Å². The minimum Gasteiger partial charge on any atom is -0.497 e. The molecule has 0 radical (unpaired) electrons. The molecule has 3 aromatic rings. The Balaban J connectivity index is 1.70. The van der Waals surface area contributed by atoms with Crippen LogP contribution < -0.4 is 14.8 Å². The van der Waals surface area contributed by atoms with Gasteiger partial charge in [-0.15, -0.1) is 0 Å².